The largest absolute Gasteiger partial charge is 0.467 e. The average Bonchev–Trinajstić information content (AvgIpc) is 2.27. The van der Waals surface area contributed by atoms with Gasteiger partial charge in [0, 0.05) is 17.5 Å². The van der Waals surface area contributed by atoms with Gasteiger partial charge in [-0.2, -0.15) is 0 Å². The number of pyridine rings is 1. The van der Waals surface area contributed by atoms with E-state index in [-0.39, 0.29) is 0 Å². The van der Waals surface area contributed by atoms with Crippen LogP contribution in [0.4, 0.5) is 0 Å². The van der Waals surface area contributed by atoms with E-state index < -0.39 is 18.2 Å². The smallest absolute Gasteiger partial charge is 0.337 e. The fourth-order valence-electron chi connectivity index (χ4n) is 1.09. The Balaban J connectivity index is 2.80. The molecule has 5 nitrogen and oxygen atoms in total. The van der Waals surface area contributed by atoms with Crippen LogP contribution in [0.2, 0.25) is 0 Å². The molecule has 1 heterocycles. The highest BCUT2D eigenvalue weighted by Gasteiger charge is 2.26. The number of methoxy groups -OCH3 is 1. The van der Waals surface area contributed by atoms with Crippen LogP contribution in [-0.2, 0) is 9.53 Å². The molecule has 0 aromatic carbocycles. The summed E-state index contributed by atoms with van der Waals surface area (Å²) in [6.07, 6.45) is -1.49. The highest BCUT2D eigenvalue weighted by molar-refractivity contribution is 5.75. The van der Waals surface area contributed by atoms with Crippen LogP contribution in [0.3, 0.4) is 0 Å². The number of aromatic nitrogens is 1. The Morgan fingerprint density at radius 3 is 2.60 bits per heavy atom. The van der Waals surface area contributed by atoms with Gasteiger partial charge in [-0.25, -0.2) is 4.79 Å². The Bertz CT molecular complexity index is 336. The van der Waals surface area contributed by atoms with Crippen LogP contribution in [0.5, 0.6) is 0 Å². The van der Waals surface area contributed by atoms with Crippen LogP contribution in [-0.4, -0.2) is 34.4 Å². The summed E-state index contributed by atoms with van der Waals surface area (Å²) < 4.78 is 4.31. The summed E-state index contributed by atoms with van der Waals surface area (Å²) in [6, 6.07) is 3.28. The maximum Gasteiger partial charge on any atom is 0.337 e. The minimum atomic E-state index is -1.58. The van der Waals surface area contributed by atoms with Gasteiger partial charge in [-0.1, -0.05) is 6.07 Å². The minimum absolute atomic E-state index is 0.374. The third-order valence-corrected chi connectivity index (χ3v) is 2.02. The Morgan fingerprint density at radius 1 is 1.47 bits per heavy atom. The Labute approximate surface area is 87.3 Å². The molecule has 0 fully saturated rings. The number of carbonyl (C=O) groups excluding carboxylic acids is 1. The number of carbonyl (C=O) groups is 1. The quantitative estimate of drug-likeness (QED) is 0.685. The number of aliphatic hydroxyl groups excluding tert-OH is 2. The molecule has 1 aromatic rings. The first-order chi connectivity index (χ1) is 7.06. The van der Waals surface area contributed by atoms with Crippen LogP contribution >= 0.6 is 0 Å². The molecule has 0 amide bonds. The van der Waals surface area contributed by atoms with Crippen molar-refractivity contribution < 1.29 is 19.7 Å². The maximum atomic E-state index is 10.9. The Hall–Kier alpha value is -1.46. The first-order valence-electron chi connectivity index (χ1n) is 4.42. The molecule has 2 N–H and O–H groups in total. The number of rotatable bonds is 3. The van der Waals surface area contributed by atoms with Crippen LogP contribution < -0.4 is 0 Å². The van der Waals surface area contributed by atoms with Gasteiger partial charge in [-0.3, -0.25) is 4.98 Å². The van der Waals surface area contributed by atoms with Crippen molar-refractivity contribution in [2.75, 3.05) is 7.11 Å². The molecule has 0 saturated carbocycles. The van der Waals surface area contributed by atoms with E-state index in [1.165, 1.54) is 6.20 Å². The van der Waals surface area contributed by atoms with E-state index in [0.29, 0.717) is 5.56 Å². The van der Waals surface area contributed by atoms with Crippen molar-refractivity contribution in [3.8, 4) is 0 Å². The zero-order valence-electron chi connectivity index (χ0n) is 8.54. The summed E-state index contributed by atoms with van der Waals surface area (Å²) in [5.41, 5.74) is 1.16. The van der Waals surface area contributed by atoms with Crippen LogP contribution in [0.15, 0.2) is 18.3 Å². The molecular weight excluding hydrogens is 198 g/mol. The van der Waals surface area contributed by atoms with Gasteiger partial charge >= 0.3 is 5.97 Å². The minimum Gasteiger partial charge on any atom is -0.467 e. The molecule has 5 heteroatoms. The molecule has 0 aliphatic rings. The second-order valence-electron chi connectivity index (χ2n) is 3.15. The van der Waals surface area contributed by atoms with Gasteiger partial charge in [0.05, 0.1) is 7.11 Å². The molecule has 2 unspecified atom stereocenters. The van der Waals surface area contributed by atoms with Gasteiger partial charge in [0.1, 0.15) is 6.10 Å². The molecule has 0 radical (unpaired) electrons. The highest BCUT2D eigenvalue weighted by atomic mass is 16.5. The molecule has 0 saturated heterocycles. The monoisotopic (exact) mass is 211 g/mol. The Kier molecular flexibility index (Phi) is 3.76. The van der Waals surface area contributed by atoms with Gasteiger partial charge < -0.3 is 14.9 Å². The summed E-state index contributed by atoms with van der Waals surface area (Å²) in [5.74, 6) is -0.872. The van der Waals surface area contributed by atoms with Crippen LogP contribution in [0.1, 0.15) is 17.4 Å². The van der Waals surface area contributed by atoms with E-state index in [9.17, 15) is 15.0 Å². The molecule has 0 spiro atoms. The predicted octanol–water partition coefficient (Wildman–Crippen LogP) is -0.0427. The molecular formula is C10H13NO4. The fraction of sp³-hybridized carbons (Fsp3) is 0.400. The van der Waals surface area contributed by atoms with Crippen molar-refractivity contribution in [1.29, 1.82) is 0 Å². The second-order valence-corrected chi connectivity index (χ2v) is 3.15. The van der Waals surface area contributed by atoms with Crippen molar-refractivity contribution in [3.63, 3.8) is 0 Å². The highest BCUT2D eigenvalue weighted by Crippen LogP contribution is 2.16. The Morgan fingerprint density at radius 2 is 2.13 bits per heavy atom. The first kappa shape index (κ1) is 11.6. The molecule has 1 aromatic heterocycles. The van der Waals surface area contributed by atoms with E-state index in [1.807, 2.05) is 0 Å². The van der Waals surface area contributed by atoms with Crippen molar-refractivity contribution in [3.05, 3.63) is 29.6 Å². The van der Waals surface area contributed by atoms with Gasteiger partial charge in [-0.15, -0.1) is 0 Å². The average molecular weight is 211 g/mol. The maximum absolute atomic E-state index is 10.9. The predicted molar refractivity (Wildman–Crippen MR) is 52.0 cm³/mol. The van der Waals surface area contributed by atoms with E-state index in [0.717, 1.165) is 12.8 Å². The lowest BCUT2D eigenvalue weighted by Crippen LogP contribution is -2.29. The molecule has 0 aliphatic heterocycles. The number of hydrogen-bond acceptors (Lipinski definition) is 5. The van der Waals surface area contributed by atoms with E-state index in [4.69, 9.17) is 0 Å². The fourth-order valence-corrected chi connectivity index (χ4v) is 1.09. The lowest BCUT2D eigenvalue weighted by molar-refractivity contribution is -0.156. The number of nitrogens with zero attached hydrogens (tertiary/aromatic N) is 1. The summed E-state index contributed by atoms with van der Waals surface area (Å²) in [4.78, 5) is 14.9. The zero-order chi connectivity index (χ0) is 11.4. The summed E-state index contributed by atoms with van der Waals surface area (Å²) in [7, 11) is 1.14. The molecule has 0 aliphatic carbocycles. The molecule has 15 heavy (non-hydrogen) atoms. The SMILES string of the molecule is COC(=O)C(O)C(O)c1ccc(C)nc1. The third-order valence-electron chi connectivity index (χ3n) is 2.02. The van der Waals surface area contributed by atoms with Gasteiger partial charge in [-0.05, 0) is 13.0 Å². The van der Waals surface area contributed by atoms with Gasteiger partial charge in [0.2, 0.25) is 0 Å². The van der Waals surface area contributed by atoms with Gasteiger partial charge in [0.25, 0.3) is 0 Å². The lowest BCUT2D eigenvalue weighted by Gasteiger charge is -2.15. The summed E-state index contributed by atoms with van der Waals surface area (Å²) >= 11 is 0. The van der Waals surface area contributed by atoms with Crippen molar-refractivity contribution in [2.24, 2.45) is 0 Å². The molecule has 2 atom stereocenters. The van der Waals surface area contributed by atoms with Gasteiger partial charge in [0.15, 0.2) is 6.10 Å². The topological polar surface area (TPSA) is 79.7 Å². The van der Waals surface area contributed by atoms with Crippen LogP contribution in [0, 0.1) is 6.92 Å². The standard InChI is InChI=1S/C10H13NO4/c1-6-3-4-7(5-11-6)8(12)9(13)10(14)15-2/h3-5,8-9,12-13H,1-2H3. The number of aryl methyl sites for hydroxylation is 1. The van der Waals surface area contributed by atoms with E-state index in [2.05, 4.69) is 9.72 Å². The third kappa shape index (κ3) is 2.74. The normalized spacial score (nSPS) is 14.4. The summed E-state index contributed by atoms with van der Waals surface area (Å²) in [5, 5.41) is 18.9. The number of esters is 1. The van der Waals surface area contributed by atoms with Crippen molar-refractivity contribution >= 4 is 5.97 Å². The van der Waals surface area contributed by atoms with Crippen molar-refractivity contribution in [1.82, 2.24) is 4.98 Å². The van der Waals surface area contributed by atoms with E-state index in [1.54, 1.807) is 19.1 Å². The van der Waals surface area contributed by atoms with E-state index >= 15 is 0 Å². The second kappa shape index (κ2) is 4.86. The van der Waals surface area contributed by atoms with Crippen molar-refractivity contribution in [2.45, 2.75) is 19.1 Å². The van der Waals surface area contributed by atoms with Crippen LogP contribution in [0.25, 0.3) is 0 Å². The zero-order valence-corrected chi connectivity index (χ0v) is 8.54. The lowest BCUT2D eigenvalue weighted by atomic mass is 10.1. The number of hydrogen-bond donors (Lipinski definition) is 2. The summed E-state index contributed by atoms with van der Waals surface area (Å²) in [6.45, 7) is 1.80. The number of aliphatic hydroxyl groups is 2. The first-order valence-corrected chi connectivity index (χ1v) is 4.42. The molecule has 1 rings (SSSR count). The molecule has 82 valence electrons. The molecule has 0 bridgehead atoms. The number of ether oxygens (including phenoxy) is 1.